The molecule has 2 N–H and O–H groups in total. The molecule has 0 atom stereocenters. The molecule has 0 heterocycles. The molecule has 1 rings (SSSR count). The smallest absolute Gasteiger partial charge is 0.191 e. The summed E-state index contributed by atoms with van der Waals surface area (Å²) in [5.41, 5.74) is 5.05. The van der Waals surface area contributed by atoms with Crippen LogP contribution in [-0.4, -0.2) is 14.2 Å². The van der Waals surface area contributed by atoms with Crippen LogP contribution in [0.25, 0.3) is 0 Å². The van der Waals surface area contributed by atoms with Crippen molar-refractivity contribution >= 4 is 15.5 Å². The summed E-state index contributed by atoms with van der Waals surface area (Å²) < 4.78 is 35.4. The minimum Gasteiger partial charge on any atom is -0.396 e. The zero-order chi connectivity index (χ0) is 10.8. The van der Waals surface area contributed by atoms with Crippen LogP contribution < -0.4 is 5.73 Å². The minimum absolute atomic E-state index is 0.124. The van der Waals surface area contributed by atoms with Crippen molar-refractivity contribution in [1.29, 1.82) is 5.26 Å². The maximum Gasteiger partial charge on any atom is 0.191 e. The Labute approximate surface area is 80.7 Å². The summed E-state index contributed by atoms with van der Waals surface area (Å²) in [5.74, 6) is -1.47. The predicted molar refractivity (Wildman–Crippen MR) is 48.5 cm³/mol. The van der Waals surface area contributed by atoms with Crippen molar-refractivity contribution in [3.8, 4) is 6.07 Å². The van der Waals surface area contributed by atoms with Gasteiger partial charge in [-0.05, 0) is 18.2 Å². The largest absolute Gasteiger partial charge is 0.396 e. The quantitative estimate of drug-likeness (QED) is 0.734. The van der Waals surface area contributed by atoms with Gasteiger partial charge in [0.05, 0.1) is 16.7 Å². The van der Waals surface area contributed by atoms with Crippen LogP contribution >= 0.6 is 0 Å². The molecule has 0 radical (unpaired) electrons. The van der Waals surface area contributed by atoms with Gasteiger partial charge in [0.25, 0.3) is 0 Å². The van der Waals surface area contributed by atoms with Gasteiger partial charge in [0, 0.05) is 0 Å². The van der Waals surface area contributed by atoms with E-state index in [9.17, 15) is 12.8 Å². The van der Waals surface area contributed by atoms with E-state index in [1.165, 1.54) is 12.1 Å². The third-order valence-corrected chi connectivity index (χ3v) is 3.07. The molecule has 4 nitrogen and oxygen atoms in total. The van der Waals surface area contributed by atoms with E-state index in [1.807, 2.05) is 0 Å². The molecule has 1 aromatic carbocycles. The predicted octanol–water partition coefficient (Wildman–Crippen LogP) is 0.705. The highest BCUT2D eigenvalue weighted by Gasteiger charge is 2.15. The number of nitrogen functional groups attached to an aromatic ring is 1. The van der Waals surface area contributed by atoms with E-state index in [4.69, 9.17) is 11.0 Å². The molecule has 0 fully saturated rings. The first-order chi connectivity index (χ1) is 6.47. The molecule has 0 bridgehead atoms. The van der Waals surface area contributed by atoms with Gasteiger partial charge >= 0.3 is 0 Å². The molecule has 6 heteroatoms. The van der Waals surface area contributed by atoms with Gasteiger partial charge in [-0.15, -0.1) is 0 Å². The average Bonchev–Trinajstić information content (AvgIpc) is 2.09. The molecule has 0 spiro atoms. The second-order valence-corrected chi connectivity index (χ2v) is 4.59. The summed E-state index contributed by atoms with van der Waals surface area (Å²) in [6, 6.07) is 4.63. The van der Waals surface area contributed by atoms with Gasteiger partial charge in [0.15, 0.2) is 9.84 Å². The molecule has 0 aliphatic carbocycles. The molecule has 0 unspecified atom stereocenters. The highest BCUT2D eigenvalue weighted by atomic mass is 32.2. The Kier molecular flexibility index (Phi) is 2.72. The highest BCUT2D eigenvalue weighted by molar-refractivity contribution is 7.91. The van der Waals surface area contributed by atoms with E-state index in [0.717, 1.165) is 12.1 Å². The topological polar surface area (TPSA) is 84.0 Å². The summed E-state index contributed by atoms with van der Waals surface area (Å²) in [6.45, 7) is 0. The summed E-state index contributed by atoms with van der Waals surface area (Å²) in [5, 5.41) is 8.24. The number of nitrogens with zero attached hydrogens (tertiary/aromatic N) is 1. The minimum atomic E-state index is -3.71. The van der Waals surface area contributed by atoms with E-state index in [-0.39, 0.29) is 10.6 Å². The number of hydrogen-bond donors (Lipinski definition) is 1. The molecule has 0 saturated heterocycles. The van der Waals surface area contributed by atoms with Crippen LogP contribution in [0.3, 0.4) is 0 Å². The molecule has 14 heavy (non-hydrogen) atoms. The zero-order valence-electron chi connectivity index (χ0n) is 7.07. The maximum absolute atomic E-state index is 12.9. The van der Waals surface area contributed by atoms with E-state index in [1.54, 1.807) is 0 Å². The van der Waals surface area contributed by atoms with Crippen LogP contribution in [0.5, 0.6) is 0 Å². The lowest BCUT2D eigenvalue weighted by Crippen LogP contribution is -2.05. The lowest BCUT2D eigenvalue weighted by molar-refractivity contribution is 0.594. The summed E-state index contributed by atoms with van der Waals surface area (Å²) >= 11 is 0. The number of benzene rings is 1. The first-order valence-electron chi connectivity index (χ1n) is 3.62. The number of rotatable bonds is 2. The van der Waals surface area contributed by atoms with Crippen molar-refractivity contribution in [3.63, 3.8) is 0 Å². The fourth-order valence-corrected chi connectivity index (χ4v) is 1.76. The maximum atomic E-state index is 12.9. The van der Waals surface area contributed by atoms with Gasteiger partial charge in [-0.1, -0.05) is 0 Å². The van der Waals surface area contributed by atoms with E-state index in [0.29, 0.717) is 0 Å². The van der Waals surface area contributed by atoms with Crippen molar-refractivity contribution in [2.75, 3.05) is 11.5 Å². The molecule has 0 aliphatic heterocycles. The van der Waals surface area contributed by atoms with Crippen molar-refractivity contribution in [3.05, 3.63) is 24.0 Å². The number of sulfone groups is 1. The molecule has 0 aromatic heterocycles. The van der Waals surface area contributed by atoms with Gasteiger partial charge in [-0.3, -0.25) is 0 Å². The van der Waals surface area contributed by atoms with Crippen molar-refractivity contribution in [1.82, 2.24) is 0 Å². The first kappa shape index (κ1) is 10.5. The fourth-order valence-electron chi connectivity index (χ4n) is 0.870. The van der Waals surface area contributed by atoms with Gasteiger partial charge in [-0.2, -0.15) is 5.26 Å². The fraction of sp³-hybridized carbons (Fsp3) is 0.125. The third-order valence-electron chi connectivity index (χ3n) is 1.59. The van der Waals surface area contributed by atoms with Gasteiger partial charge in [0.2, 0.25) is 0 Å². The Balaban J connectivity index is 3.23. The molecule has 0 amide bonds. The Morgan fingerprint density at radius 3 is 2.64 bits per heavy atom. The molecule has 0 aliphatic rings. The average molecular weight is 214 g/mol. The molecule has 0 saturated carbocycles. The standard InChI is InChI=1S/C8H7FN2O2S/c9-7-5-6(1-2-8(7)11)14(12,13)4-3-10/h1-2,5H,4,11H2. The summed E-state index contributed by atoms with van der Waals surface area (Å²) in [6.07, 6.45) is 0. The number of halogens is 1. The Bertz CT molecular complexity index is 491. The number of nitriles is 1. The lowest BCUT2D eigenvalue weighted by atomic mass is 10.3. The lowest BCUT2D eigenvalue weighted by Gasteiger charge is -2.01. The Morgan fingerprint density at radius 2 is 2.14 bits per heavy atom. The van der Waals surface area contributed by atoms with Gasteiger partial charge in [0.1, 0.15) is 11.6 Å². The number of anilines is 1. The second kappa shape index (κ2) is 3.64. The SMILES string of the molecule is N#CCS(=O)(=O)c1ccc(N)c(F)c1. The zero-order valence-corrected chi connectivity index (χ0v) is 7.88. The summed E-state index contributed by atoms with van der Waals surface area (Å²) in [4.78, 5) is -0.231. The van der Waals surface area contributed by atoms with Gasteiger partial charge < -0.3 is 5.73 Å². The monoisotopic (exact) mass is 214 g/mol. The number of nitrogens with two attached hydrogens (primary N) is 1. The number of hydrogen-bond acceptors (Lipinski definition) is 4. The summed E-state index contributed by atoms with van der Waals surface area (Å²) in [7, 11) is -3.71. The van der Waals surface area contributed by atoms with Crippen molar-refractivity contribution in [2.45, 2.75) is 4.90 Å². The Morgan fingerprint density at radius 1 is 1.50 bits per heavy atom. The first-order valence-corrected chi connectivity index (χ1v) is 5.27. The van der Waals surface area contributed by atoms with Crippen molar-refractivity contribution in [2.24, 2.45) is 0 Å². The van der Waals surface area contributed by atoms with Crippen LogP contribution in [0, 0.1) is 17.1 Å². The normalized spacial score (nSPS) is 10.9. The second-order valence-electron chi connectivity index (χ2n) is 2.60. The van der Waals surface area contributed by atoms with E-state index >= 15 is 0 Å². The van der Waals surface area contributed by atoms with Crippen LogP contribution in [0.2, 0.25) is 0 Å². The molecule has 1 aromatic rings. The van der Waals surface area contributed by atoms with Crippen LogP contribution in [0.15, 0.2) is 23.1 Å². The van der Waals surface area contributed by atoms with E-state index < -0.39 is 21.4 Å². The molecule has 74 valence electrons. The van der Waals surface area contributed by atoms with Crippen molar-refractivity contribution < 1.29 is 12.8 Å². The van der Waals surface area contributed by atoms with E-state index in [2.05, 4.69) is 0 Å². The van der Waals surface area contributed by atoms with Crippen LogP contribution in [0.4, 0.5) is 10.1 Å². The molecular formula is C8H7FN2O2S. The third kappa shape index (κ3) is 2.00. The Hall–Kier alpha value is -1.61. The highest BCUT2D eigenvalue weighted by Crippen LogP contribution is 2.16. The van der Waals surface area contributed by atoms with Crippen LogP contribution in [0.1, 0.15) is 0 Å². The molecular weight excluding hydrogens is 207 g/mol. The van der Waals surface area contributed by atoms with Crippen LogP contribution in [-0.2, 0) is 9.84 Å². The van der Waals surface area contributed by atoms with Gasteiger partial charge in [-0.25, -0.2) is 12.8 Å².